The summed E-state index contributed by atoms with van der Waals surface area (Å²) in [5.74, 6) is 2.17. The van der Waals surface area contributed by atoms with E-state index in [1.54, 1.807) is 0 Å². The van der Waals surface area contributed by atoms with Gasteiger partial charge in [-0.3, -0.25) is 4.99 Å². The largest absolute Gasteiger partial charge is 0.378 e. The minimum absolute atomic E-state index is 0.479. The minimum atomic E-state index is 0.479. The molecule has 2 heterocycles. The molecule has 3 fully saturated rings. The Balaban J connectivity index is 1.44. The van der Waals surface area contributed by atoms with E-state index in [1.165, 1.54) is 43.0 Å². The van der Waals surface area contributed by atoms with Gasteiger partial charge in [-0.05, 0) is 38.0 Å². The van der Waals surface area contributed by atoms with E-state index in [-0.39, 0.29) is 0 Å². The van der Waals surface area contributed by atoms with E-state index >= 15 is 0 Å². The molecule has 1 N–H and O–H groups in total. The summed E-state index contributed by atoms with van der Waals surface area (Å²) in [7, 11) is 0. The second-order valence-electron chi connectivity index (χ2n) is 5.36. The number of thioether (sulfide) groups is 1. The first kappa shape index (κ1) is 11.8. The van der Waals surface area contributed by atoms with Crippen molar-refractivity contribution in [2.45, 2.75) is 50.7 Å². The first-order valence-electron chi connectivity index (χ1n) is 6.97. The molecule has 3 atom stereocenters. The predicted molar refractivity (Wildman–Crippen MR) is 72.6 cm³/mol. The van der Waals surface area contributed by atoms with Gasteiger partial charge in [-0.25, -0.2) is 0 Å². The Morgan fingerprint density at radius 1 is 1.29 bits per heavy atom. The maximum absolute atomic E-state index is 5.62. The number of hydrogen-bond donors (Lipinski definition) is 1. The zero-order valence-corrected chi connectivity index (χ0v) is 11.2. The molecule has 1 saturated carbocycles. The van der Waals surface area contributed by atoms with Gasteiger partial charge in [-0.15, -0.1) is 0 Å². The van der Waals surface area contributed by atoms with E-state index in [0.29, 0.717) is 6.10 Å². The first-order valence-corrected chi connectivity index (χ1v) is 7.96. The molecule has 0 aromatic heterocycles. The lowest BCUT2D eigenvalue weighted by atomic mass is 10.1. The van der Waals surface area contributed by atoms with Gasteiger partial charge in [0, 0.05) is 24.9 Å². The summed E-state index contributed by atoms with van der Waals surface area (Å²) in [6.45, 7) is 1.88. The molecule has 3 aliphatic rings. The summed E-state index contributed by atoms with van der Waals surface area (Å²) in [5.41, 5.74) is 0. The Morgan fingerprint density at radius 2 is 2.29 bits per heavy atom. The van der Waals surface area contributed by atoms with Crippen LogP contribution in [0.4, 0.5) is 0 Å². The number of hydrogen-bond acceptors (Lipinski definition) is 3. The van der Waals surface area contributed by atoms with E-state index in [9.17, 15) is 0 Å². The highest BCUT2D eigenvalue weighted by atomic mass is 32.2. The van der Waals surface area contributed by atoms with Gasteiger partial charge in [0.05, 0.1) is 6.10 Å². The highest BCUT2D eigenvalue weighted by molar-refractivity contribution is 8.13. The number of fused-ring (bicyclic) bond motifs is 1. The lowest BCUT2D eigenvalue weighted by Crippen LogP contribution is -2.41. The number of nitrogens with zero attached hydrogens (tertiary/aromatic N) is 1. The van der Waals surface area contributed by atoms with E-state index < -0.39 is 0 Å². The van der Waals surface area contributed by atoms with Crippen LogP contribution >= 0.6 is 11.8 Å². The standard InChI is InChI=1S/C13H22N2OS/c1-3-10-9-17-13(15-12(10)5-1)14-7-6-11-4-2-8-16-11/h10-12H,1-9H2,(H,14,15). The molecule has 0 aromatic carbocycles. The predicted octanol–water partition coefficient (Wildman–Crippen LogP) is 2.42. The lowest BCUT2D eigenvalue weighted by Gasteiger charge is -2.28. The van der Waals surface area contributed by atoms with Crippen LogP contribution < -0.4 is 5.32 Å². The Morgan fingerprint density at radius 3 is 3.18 bits per heavy atom. The van der Waals surface area contributed by atoms with E-state index in [2.05, 4.69) is 5.32 Å². The smallest absolute Gasteiger partial charge is 0.156 e. The van der Waals surface area contributed by atoms with Gasteiger partial charge in [0.25, 0.3) is 0 Å². The highest BCUT2D eigenvalue weighted by Crippen LogP contribution is 2.32. The van der Waals surface area contributed by atoms with Gasteiger partial charge >= 0.3 is 0 Å². The fraction of sp³-hybridized carbons (Fsp3) is 0.923. The zero-order valence-electron chi connectivity index (χ0n) is 10.4. The monoisotopic (exact) mass is 254 g/mol. The molecule has 0 bridgehead atoms. The summed E-state index contributed by atoms with van der Waals surface area (Å²) in [6, 6.07) is 0.720. The molecule has 1 aliphatic carbocycles. The molecule has 4 heteroatoms. The van der Waals surface area contributed by atoms with Crippen LogP contribution in [0, 0.1) is 5.92 Å². The molecule has 96 valence electrons. The van der Waals surface area contributed by atoms with Crippen LogP contribution in [0.25, 0.3) is 0 Å². The Labute approximate surface area is 108 Å². The van der Waals surface area contributed by atoms with Gasteiger partial charge in [0.15, 0.2) is 5.17 Å². The molecule has 3 rings (SSSR count). The summed E-state index contributed by atoms with van der Waals surface area (Å²) >= 11 is 1.92. The van der Waals surface area contributed by atoms with Crippen molar-refractivity contribution in [3.05, 3.63) is 0 Å². The summed E-state index contributed by atoms with van der Waals surface area (Å²) < 4.78 is 5.62. The maximum Gasteiger partial charge on any atom is 0.156 e. The topological polar surface area (TPSA) is 33.6 Å². The molecule has 2 saturated heterocycles. The van der Waals surface area contributed by atoms with E-state index in [1.807, 2.05) is 11.8 Å². The fourth-order valence-electron chi connectivity index (χ4n) is 3.09. The van der Waals surface area contributed by atoms with Crippen LogP contribution in [0.1, 0.15) is 38.5 Å². The maximum atomic E-state index is 5.62. The summed E-state index contributed by atoms with van der Waals surface area (Å²) in [6.07, 6.45) is 8.19. The van der Waals surface area contributed by atoms with Gasteiger partial charge < -0.3 is 10.1 Å². The average Bonchev–Trinajstić information content (AvgIpc) is 2.98. The van der Waals surface area contributed by atoms with E-state index in [4.69, 9.17) is 9.73 Å². The van der Waals surface area contributed by atoms with Crippen molar-refractivity contribution in [3.8, 4) is 0 Å². The Bertz CT molecular complexity index is 289. The molecular formula is C13H22N2OS. The molecule has 17 heavy (non-hydrogen) atoms. The van der Waals surface area contributed by atoms with Crippen molar-refractivity contribution in [2.75, 3.05) is 18.9 Å². The second-order valence-corrected chi connectivity index (χ2v) is 6.37. The SMILES string of the molecule is C1COC(CCN=C2NC3CCCC3CS2)C1. The number of ether oxygens (including phenoxy) is 1. The molecule has 0 spiro atoms. The van der Waals surface area contributed by atoms with Gasteiger partial charge in [0.1, 0.15) is 0 Å². The Kier molecular flexibility index (Phi) is 3.91. The van der Waals surface area contributed by atoms with Crippen molar-refractivity contribution < 1.29 is 4.74 Å². The molecule has 0 radical (unpaired) electrons. The second kappa shape index (κ2) is 5.61. The fourth-order valence-corrected chi connectivity index (χ4v) is 4.27. The molecule has 0 aromatic rings. The molecule has 3 nitrogen and oxygen atoms in total. The number of amidine groups is 1. The number of nitrogens with one attached hydrogen (secondary N) is 1. The number of rotatable bonds is 3. The quantitative estimate of drug-likeness (QED) is 0.840. The third-order valence-corrected chi connectivity index (χ3v) is 5.25. The van der Waals surface area contributed by atoms with Crippen LogP contribution in [0.5, 0.6) is 0 Å². The van der Waals surface area contributed by atoms with Crippen molar-refractivity contribution in [3.63, 3.8) is 0 Å². The van der Waals surface area contributed by atoms with Gasteiger partial charge in [-0.2, -0.15) is 0 Å². The number of aliphatic imine (C=N–C) groups is 1. The zero-order chi connectivity index (χ0) is 11.5. The average molecular weight is 254 g/mol. The first-order chi connectivity index (χ1) is 8.42. The van der Waals surface area contributed by atoms with Crippen molar-refractivity contribution in [1.29, 1.82) is 0 Å². The molecule has 2 aliphatic heterocycles. The summed E-state index contributed by atoms with van der Waals surface area (Å²) in [5, 5.41) is 4.80. The molecular weight excluding hydrogens is 232 g/mol. The van der Waals surface area contributed by atoms with Gasteiger partial charge in [-0.1, -0.05) is 18.2 Å². The molecule has 0 amide bonds. The lowest BCUT2D eigenvalue weighted by molar-refractivity contribution is 0.106. The van der Waals surface area contributed by atoms with Crippen molar-refractivity contribution in [1.82, 2.24) is 5.32 Å². The molecule has 3 unspecified atom stereocenters. The highest BCUT2D eigenvalue weighted by Gasteiger charge is 2.31. The van der Waals surface area contributed by atoms with Crippen molar-refractivity contribution >= 4 is 16.9 Å². The van der Waals surface area contributed by atoms with Crippen molar-refractivity contribution in [2.24, 2.45) is 10.9 Å². The van der Waals surface area contributed by atoms with Gasteiger partial charge in [0.2, 0.25) is 0 Å². The normalized spacial score (nSPS) is 39.3. The Hall–Kier alpha value is -0.220. The van der Waals surface area contributed by atoms with Crippen LogP contribution in [0.3, 0.4) is 0 Å². The van der Waals surface area contributed by atoms with Crippen LogP contribution in [-0.2, 0) is 4.74 Å². The minimum Gasteiger partial charge on any atom is -0.378 e. The van der Waals surface area contributed by atoms with Crippen LogP contribution in [-0.4, -0.2) is 36.2 Å². The third kappa shape index (κ3) is 2.97. The van der Waals surface area contributed by atoms with Crippen LogP contribution in [0.15, 0.2) is 4.99 Å². The summed E-state index contributed by atoms with van der Waals surface area (Å²) in [4.78, 5) is 4.70. The third-order valence-electron chi connectivity index (χ3n) is 4.13. The van der Waals surface area contributed by atoms with E-state index in [0.717, 1.165) is 31.5 Å². The van der Waals surface area contributed by atoms with Crippen LogP contribution in [0.2, 0.25) is 0 Å².